The topological polar surface area (TPSA) is 79.7 Å². The Kier molecular flexibility index (Phi) is 6.79. The summed E-state index contributed by atoms with van der Waals surface area (Å²) < 4.78 is 13.2. The Balaban J connectivity index is 1.89. The molecular formula is C20H23FN3O3+. The molecule has 0 aliphatic rings. The van der Waals surface area contributed by atoms with Crippen molar-refractivity contribution >= 4 is 29.0 Å². The van der Waals surface area contributed by atoms with Crippen LogP contribution in [-0.4, -0.2) is 37.2 Å². The van der Waals surface area contributed by atoms with Crippen molar-refractivity contribution in [2.24, 2.45) is 0 Å². The van der Waals surface area contributed by atoms with Crippen LogP contribution in [0, 0.1) is 5.82 Å². The van der Waals surface area contributed by atoms with Crippen molar-refractivity contribution in [2.45, 2.75) is 19.9 Å². The molecule has 0 saturated carbocycles. The van der Waals surface area contributed by atoms with E-state index in [0.29, 0.717) is 21.8 Å². The number of carbonyl (C=O) groups excluding carboxylic acids is 3. The Bertz CT molecular complexity index is 837. The van der Waals surface area contributed by atoms with E-state index in [-0.39, 0.29) is 24.1 Å². The number of likely N-dealkylation sites (N-methyl/N-ethyl adjacent to an activating group) is 1. The van der Waals surface area contributed by atoms with Crippen LogP contribution in [0.5, 0.6) is 0 Å². The third-order valence-corrected chi connectivity index (χ3v) is 4.24. The molecule has 6 nitrogen and oxygen atoms in total. The van der Waals surface area contributed by atoms with Gasteiger partial charge >= 0.3 is 0 Å². The first-order chi connectivity index (χ1) is 12.8. The lowest BCUT2D eigenvalue weighted by molar-refractivity contribution is -0.885. The fraction of sp³-hybridized carbons (Fsp3) is 0.250. The zero-order valence-electron chi connectivity index (χ0n) is 15.5. The number of quaternary nitrogens is 1. The largest absolute Gasteiger partial charge is 0.321 e. The normalized spacial score (nSPS) is 12.7. The fourth-order valence-corrected chi connectivity index (χ4v) is 2.44. The molecule has 2 rings (SSSR count). The van der Waals surface area contributed by atoms with Crippen LogP contribution in [0.1, 0.15) is 24.2 Å². The molecule has 0 aliphatic heterocycles. The summed E-state index contributed by atoms with van der Waals surface area (Å²) in [5.41, 5.74) is 1.52. The molecule has 0 spiro atoms. The molecule has 27 heavy (non-hydrogen) atoms. The zero-order valence-corrected chi connectivity index (χ0v) is 15.5. The minimum absolute atomic E-state index is 0.0465. The molecule has 0 heterocycles. The number of halogens is 1. The highest BCUT2D eigenvalue weighted by atomic mass is 19.1. The monoisotopic (exact) mass is 372 g/mol. The number of carbonyl (C=O) groups is 3. The maximum Gasteiger partial charge on any atom is 0.282 e. The van der Waals surface area contributed by atoms with Gasteiger partial charge < -0.3 is 15.5 Å². The van der Waals surface area contributed by atoms with Crippen LogP contribution >= 0.6 is 0 Å². The van der Waals surface area contributed by atoms with Gasteiger partial charge in [-0.15, -0.1) is 0 Å². The van der Waals surface area contributed by atoms with Gasteiger partial charge in [0, 0.05) is 16.9 Å². The van der Waals surface area contributed by atoms with Crippen molar-refractivity contribution in [1.29, 1.82) is 0 Å². The van der Waals surface area contributed by atoms with Gasteiger partial charge in [0.15, 0.2) is 18.4 Å². The second-order valence-electron chi connectivity index (χ2n) is 6.43. The van der Waals surface area contributed by atoms with Crippen molar-refractivity contribution in [3.8, 4) is 0 Å². The Morgan fingerprint density at radius 1 is 1.04 bits per heavy atom. The van der Waals surface area contributed by atoms with E-state index in [1.165, 1.54) is 25.1 Å². The van der Waals surface area contributed by atoms with Gasteiger partial charge in [-0.1, -0.05) is 6.07 Å². The first-order valence-electron chi connectivity index (χ1n) is 8.56. The molecule has 0 radical (unpaired) electrons. The lowest BCUT2D eigenvalue weighted by Crippen LogP contribution is -3.14. The number of rotatable bonds is 7. The van der Waals surface area contributed by atoms with Gasteiger partial charge in [-0.3, -0.25) is 14.4 Å². The average molecular weight is 372 g/mol. The smallest absolute Gasteiger partial charge is 0.282 e. The maximum absolute atomic E-state index is 13.2. The zero-order chi connectivity index (χ0) is 20.0. The first-order valence-corrected chi connectivity index (χ1v) is 8.56. The molecule has 0 bridgehead atoms. The summed E-state index contributed by atoms with van der Waals surface area (Å²) in [6, 6.07) is 11.7. The standard InChI is InChI=1S/C20H22FN3O3/c1-13(20(27)23-17-9-7-15(8-10-17)14(2)25)24(3)12-19(26)22-18-6-4-5-16(21)11-18/h4-11,13H,12H2,1-3H3,(H,22,26)(H,23,27)/p+1/t13-/m0/s1. The predicted octanol–water partition coefficient (Wildman–Crippen LogP) is 1.51. The van der Waals surface area contributed by atoms with Crippen LogP contribution in [0.15, 0.2) is 48.5 Å². The van der Waals surface area contributed by atoms with E-state index in [4.69, 9.17) is 0 Å². The van der Waals surface area contributed by atoms with Gasteiger partial charge in [0.2, 0.25) is 0 Å². The van der Waals surface area contributed by atoms with Crippen LogP contribution in [-0.2, 0) is 9.59 Å². The molecule has 0 saturated heterocycles. The lowest BCUT2D eigenvalue weighted by Gasteiger charge is -2.20. The van der Waals surface area contributed by atoms with Gasteiger partial charge in [0.05, 0.1) is 7.05 Å². The highest BCUT2D eigenvalue weighted by Gasteiger charge is 2.24. The van der Waals surface area contributed by atoms with Crippen molar-refractivity contribution in [3.63, 3.8) is 0 Å². The fourth-order valence-electron chi connectivity index (χ4n) is 2.44. The van der Waals surface area contributed by atoms with Crippen LogP contribution in [0.3, 0.4) is 0 Å². The molecule has 1 unspecified atom stereocenters. The quantitative estimate of drug-likeness (QED) is 0.645. The van der Waals surface area contributed by atoms with Crippen molar-refractivity contribution in [2.75, 3.05) is 24.2 Å². The molecule has 0 aliphatic carbocycles. The van der Waals surface area contributed by atoms with Crippen LogP contribution in [0.2, 0.25) is 0 Å². The van der Waals surface area contributed by atoms with Crippen LogP contribution in [0.25, 0.3) is 0 Å². The van der Waals surface area contributed by atoms with Gasteiger partial charge in [-0.25, -0.2) is 4.39 Å². The highest BCUT2D eigenvalue weighted by Crippen LogP contribution is 2.10. The predicted molar refractivity (Wildman–Crippen MR) is 101 cm³/mol. The molecule has 0 aromatic heterocycles. The van der Waals surface area contributed by atoms with E-state index < -0.39 is 11.9 Å². The molecule has 2 atom stereocenters. The molecular weight excluding hydrogens is 349 g/mol. The summed E-state index contributed by atoms with van der Waals surface area (Å²) in [7, 11) is 1.73. The van der Waals surface area contributed by atoms with Crippen molar-refractivity contribution in [1.82, 2.24) is 0 Å². The van der Waals surface area contributed by atoms with E-state index in [9.17, 15) is 18.8 Å². The lowest BCUT2D eigenvalue weighted by atomic mass is 10.1. The molecule has 2 aromatic carbocycles. The number of nitrogens with one attached hydrogen (secondary N) is 3. The third kappa shape index (κ3) is 6.00. The van der Waals surface area contributed by atoms with Crippen molar-refractivity contribution in [3.05, 3.63) is 59.9 Å². The van der Waals surface area contributed by atoms with Crippen LogP contribution < -0.4 is 15.5 Å². The van der Waals surface area contributed by atoms with Gasteiger partial charge in [0.1, 0.15) is 5.82 Å². The number of Topliss-reactive ketones (excluding diaryl/α,β-unsaturated/α-hetero) is 1. The molecule has 7 heteroatoms. The van der Waals surface area contributed by atoms with E-state index in [2.05, 4.69) is 10.6 Å². The first kappa shape index (κ1) is 20.3. The van der Waals surface area contributed by atoms with E-state index in [1.807, 2.05) is 0 Å². The summed E-state index contributed by atoms with van der Waals surface area (Å²) in [6.07, 6.45) is 0. The minimum Gasteiger partial charge on any atom is -0.321 e. The summed E-state index contributed by atoms with van der Waals surface area (Å²) >= 11 is 0. The summed E-state index contributed by atoms with van der Waals surface area (Å²) in [5, 5.41) is 5.38. The number of amides is 2. The second kappa shape index (κ2) is 9.05. The summed E-state index contributed by atoms with van der Waals surface area (Å²) in [4.78, 5) is 36.4. The number of anilines is 2. The molecule has 2 amide bonds. The van der Waals surface area contributed by atoms with E-state index >= 15 is 0 Å². The summed E-state index contributed by atoms with van der Waals surface area (Å²) in [5.74, 6) is -1.04. The third-order valence-electron chi connectivity index (χ3n) is 4.24. The molecule has 2 aromatic rings. The number of ketones is 1. The van der Waals surface area contributed by atoms with Crippen molar-refractivity contribution < 1.29 is 23.7 Å². The van der Waals surface area contributed by atoms with E-state index in [1.54, 1.807) is 44.3 Å². The Morgan fingerprint density at radius 2 is 1.70 bits per heavy atom. The van der Waals surface area contributed by atoms with Crippen LogP contribution in [0.4, 0.5) is 15.8 Å². The SMILES string of the molecule is CC(=O)c1ccc(NC(=O)[C@H](C)[NH+](C)CC(=O)Nc2cccc(F)c2)cc1. The number of benzene rings is 2. The van der Waals surface area contributed by atoms with Gasteiger partial charge in [-0.05, 0) is 56.3 Å². The van der Waals surface area contributed by atoms with E-state index in [0.717, 1.165) is 0 Å². The average Bonchev–Trinajstić information content (AvgIpc) is 2.61. The number of hydrogen-bond acceptors (Lipinski definition) is 3. The molecule has 3 N–H and O–H groups in total. The Hall–Kier alpha value is -3.06. The van der Waals surface area contributed by atoms with Gasteiger partial charge in [0.25, 0.3) is 11.8 Å². The van der Waals surface area contributed by atoms with Gasteiger partial charge in [-0.2, -0.15) is 0 Å². The molecule has 142 valence electrons. The highest BCUT2D eigenvalue weighted by molar-refractivity contribution is 5.96. The Morgan fingerprint density at radius 3 is 2.30 bits per heavy atom. The number of hydrogen-bond donors (Lipinski definition) is 3. The summed E-state index contributed by atoms with van der Waals surface area (Å²) in [6.45, 7) is 3.24. The second-order valence-corrected chi connectivity index (χ2v) is 6.43. The Labute approximate surface area is 157 Å². The minimum atomic E-state index is -0.490. The molecule has 0 fully saturated rings. The maximum atomic E-state index is 13.2.